The lowest BCUT2D eigenvalue weighted by molar-refractivity contribution is 0.0463. The van der Waals surface area contributed by atoms with E-state index in [1.54, 1.807) is 35.4 Å². The fourth-order valence-electron chi connectivity index (χ4n) is 2.70. The minimum Gasteiger partial charge on any atom is -0.461 e. The van der Waals surface area contributed by atoms with E-state index in [1.807, 2.05) is 19.9 Å². The Morgan fingerprint density at radius 3 is 2.73 bits per heavy atom. The number of carbonyl (C=O) groups excluding carboxylic acids is 1. The van der Waals surface area contributed by atoms with Crippen molar-refractivity contribution >= 4 is 11.6 Å². The summed E-state index contributed by atoms with van der Waals surface area (Å²) < 4.78 is 8.19. The maximum absolute atomic E-state index is 12.8. The zero-order valence-corrected chi connectivity index (χ0v) is 14.8. The van der Waals surface area contributed by atoms with E-state index in [0.29, 0.717) is 17.9 Å². The van der Waals surface area contributed by atoms with Crippen molar-refractivity contribution in [1.82, 2.24) is 24.1 Å². The second-order valence-electron chi connectivity index (χ2n) is 5.68. The molecule has 0 saturated heterocycles. The predicted molar refractivity (Wildman–Crippen MR) is 96.7 cm³/mol. The fraction of sp³-hybridized carbons (Fsp3) is 0.333. The number of nitrogens with zero attached hydrogens (tertiary/aromatic N) is 5. The highest BCUT2D eigenvalue weighted by molar-refractivity contribution is 5.88. The van der Waals surface area contributed by atoms with E-state index >= 15 is 0 Å². The van der Waals surface area contributed by atoms with E-state index in [0.717, 1.165) is 13.1 Å². The van der Waals surface area contributed by atoms with Crippen molar-refractivity contribution in [3.8, 4) is 5.69 Å². The number of esters is 1. The van der Waals surface area contributed by atoms with E-state index in [-0.39, 0.29) is 12.2 Å². The summed E-state index contributed by atoms with van der Waals surface area (Å²) in [5.74, 6) is -0.664. The maximum atomic E-state index is 12.8. The van der Waals surface area contributed by atoms with Gasteiger partial charge in [0.25, 0.3) is 5.56 Å². The number of aromatic nitrogens is 4. The van der Waals surface area contributed by atoms with Crippen LogP contribution in [0.4, 0.5) is 0 Å². The Balaban J connectivity index is 1.87. The van der Waals surface area contributed by atoms with Gasteiger partial charge in [-0.2, -0.15) is 4.52 Å². The fourth-order valence-corrected chi connectivity index (χ4v) is 2.70. The molecule has 3 aromatic rings. The van der Waals surface area contributed by atoms with Crippen molar-refractivity contribution in [3.63, 3.8) is 0 Å². The molecule has 0 spiro atoms. The molecule has 0 bridgehead atoms. The molecule has 0 atom stereocenters. The number of likely N-dealkylation sites (N-methyl/N-ethyl adjacent to an activating group) is 1. The van der Waals surface area contributed by atoms with Crippen molar-refractivity contribution in [2.24, 2.45) is 0 Å². The van der Waals surface area contributed by atoms with Gasteiger partial charge in [0.1, 0.15) is 12.2 Å². The highest BCUT2D eigenvalue weighted by Crippen LogP contribution is 2.08. The lowest BCUT2D eigenvalue weighted by Crippen LogP contribution is -2.30. The van der Waals surface area contributed by atoms with Gasteiger partial charge in [-0.25, -0.2) is 9.78 Å². The summed E-state index contributed by atoms with van der Waals surface area (Å²) in [7, 11) is 0. The lowest BCUT2D eigenvalue weighted by Gasteiger charge is -2.17. The third-order valence-corrected chi connectivity index (χ3v) is 4.21. The van der Waals surface area contributed by atoms with Gasteiger partial charge in [0.05, 0.1) is 11.9 Å². The Hall–Kier alpha value is -3.00. The second kappa shape index (κ2) is 7.92. The molecule has 136 valence electrons. The Morgan fingerprint density at radius 2 is 2.04 bits per heavy atom. The molecule has 0 amide bonds. The van der Waals surface area contributed by atoms with E-state index in [2.05, 4.69) is 14.9 Å². The topological polar surface area (TPSA) is 81.7 Å². The number of fused-ring (bicyclic) bond motifs is 1. The first-order valence-corrected chi connectivity index (χ1v) is 8.55. The zero-order valence-electron chi connectivity index (χ0n) is 14.8. The second-order valence-corrected chi connectivity index (χ2v) is 5.68. The third kappa shape index (κ3) is 3.50. The molecular formula is C18H21N5O3. The van der Waals surface area contributed by atoms with Crippen LogP contribution in [0.5, 0.6) is 0 Å². The quantitative estimate of drug-likeness (QED) is 0.596. The SMILES string of the molecule is CCN(CC)CCOC(=O)c1cnc2ccn(-c3cccnc3)n2c1=O. The molecule has 3 rings (SSSR count). The standard InChI is InChI=1S/C18H21N5O3/c1-3-21(4-2)10-11-26-18(25)15-13-20-16-7-9-22(23(16)17(15)24)14-6-5-8-19-12-14/h5-9,12-13H,3-4,10-11H2,1-2H3. The van der Waals surface area contributed by atoms with Gasteiger partial charge in [0, 0.05) is 31.2 Å². The van der Waals surface area contributed by atoms with Crippen molar-refractivity contribution < 1.29 is 9.53 Å². The van der Waals surface area contributed by atoms with Crippen LogP contribution in [0, 0.1) is 0 Å². The Morgan fingerprint density at radius 1 is 1.23 bits per heavy atom. The van der Waals surface area contributed by atoms with Crippen molar-refractivity contribution in [2.75, 3.05) is 26.2 Å². The van der Waals surface area contributed by atoms with Gasteiger partial charge in [0.2, 0.25) is 0 Å². The van der Waals surface area contributed by atoms with Crippen LogP contribution < -0.4 is 5.56 Å². The number of hydrogen-bond donors (Lipinski definition) is 0. The van der Waals surface area contributed by atoms with Gasteiger partial charge >= 0.3 is 5.97 Å². The molecule has 26 heavy (non-hydrogen) atoms. The van der Waals surface area contributed by atoms with Crippen LogP contribution in [-0.4, -0.2) is 56.3 Å². The molecule has 0 aliphatic heterocycles. The molecule has 0 fully saturated rings. The number of rotatable bonds is 7. The number of hydrogen-bond acceptors (Lipinski definition) is 6. The van der Waals surface area contributed by atoms with Crippen LogP contribution in [0.15, 0.2) is 47.8 Å². The van der Waals surface area contributed by atoms with Gasteiger partial charge in [-0.05, 0) is 25.2 Å². The minimum absolute atomic E-state index is 0.0918. The molecule has 0 saturated carbocycles. The molecule has 0 N–H and O–H groups in total. The molecular weight excluding hydrogens is 334 g/mol. The Labute approximate surface area is 150 Å². The molecule has 3 heterocycles. The minimum atomic E-state index is -0.664. The molecule has 0 radical (unpaired) electrons. The monoisotopic (exact) mass is 355 g/mol. The first kappa shape index (κ1) is 17.8. The summed E-state index contributed by atoms with van der Waals surface area (Å²) in [5, 5.41) is 0. The van der Waals surface area contributed by atoms with E-state index in [4.69, 9.17) is 4.74 Å². The van der Waals surface area contributed by atoms with E-state index in [1.165, 1.54) is 10.7 Å². The highest BCUT2D eigenvalue weighted by Gasteiger charge is 2.17. The van der Waals surface area contributed by atoms with Crippen LogP contribution >= 0.6 is 0 Å². The van der Waals surface area contributed by atoms with Gasteiger partial charge in [-0.3, -0.25) is 14.5 Å². The smallest absolute Gasteiger partial charge is 0.345 e. The molecule has 0 unspecified atom stereocenters. The molecule has 0 aliphatic rings. The van der Waals surface area contributed by atoms with Crippen LogP contribution in [0.25, 0.3) is 11.3 Å². The van der Waals surface area contributed by atoms with Crippen molar-refractivity contribution in [1.29, 1.82) is 0 Å². The summed E-state index contributed by atoms with van der Waals surface area (Å²) >= 11 is 0. The molecule has 8 nitrogen and oxygen atoms in total. The lowest BCUT2D eigenvalue weighted by atomic mass is 10.3. The zero-order chi connectivity index (χ0) is 18.5. The largest absolute Gasteiger partial charge is 0.461 e. The van der Waals surface area contributed by atoms with E-state index < -0.39 is 11.5 Å². The van der Waals surface area contributed by atoms with Gasteiger partial charge in [-0.15, -0.1) is 0 Å². The van der Waals surface area contributed by atoms with Crippen LogP contribution in [-0.2, 0) is 4.74 Å². The first-order chi connectivity index (χ1) is 12.7. The number of carbonyl (C=O) groups is 1. The summed E-state index contributed by atoms with van der Waals surface area (Å²) in [6.45, 7) is 6.70. The summed E-state index contributed by atoms with van der Waals surface area (Å²) in [4.78, 5) is 35.5. The molecule has 3 aromatic heterocycles. The van der Waals surface area contributed by atoms with Gasteiger partial charge in [0.15, 0.2) is 5.65 Å². The van der Waals surface area contributed by atoms with Crippen LogP contribution in [0.1, 0.15) is 24.2 Å². The average molecular weight is 355 g/mol. The Kier molecular flexibility index (Phi) is 5.43. The number of ether oxygens (including phenoxy) is 1. The summed E-state index contributed by atoms with van der Waals surface area (Å²) in [6.07, 6.45) is 6.25. The summed E-state index contributed by atoms with van der Waals surface area (Å²) in [5.41, 5.74) is 0.569. The highest BCUT2D eigenvalue weighted by atomic mass is 16.5. The van der Waals surface area contributed by atoms with Crippen molar-refractivity contribution in [3.05, 3.63) is 58.9 Å². The first-order valence-electron chi connectivity index (χ1n) is 8.55. The maximum Gasteiger partial charge on any atom is 0.345 e. The normalized spacial score (nSPS) is 11.2. The number of pyridine rings is 1. The molecule has 0 aliphatic carbocycles. The average Bonchev–Trinajstić information content (AvgIpc) is 3.11. The summed E-state index contributed by atoms with van der Waals surface area (Å²) in [6, 6.07) is 5.28. The van der Waals surface area contributed by atoms with Crippen LogP contribution in [0.2, 0.25) is 0 Å². The Bertz CT molecular complexity index is 944. The van der Waals surface area contributed by atoms with Crippen LogP contribution in [0.3, 0.4) is 0 Å². The van der Waals surface area contributed by atoms with Crippen molar-refractivity contribution in [2.45, 2.75) is 13.8 Å². The predicted octanol–water partition coefficient (Wildman–Crippen LogP) is 1.38. The van der Waals surface area contributed by atoms with Gasteiger partial charge < -0.3 is 9.64 Å². The molecule has 8 heteroatoms. The van der Waals surface area contributed by atoms with E-state index in [9.17, 15) is 9.59 Å². The third-order valence-electron chi connectivity index (χ3n) is 4.21. The molecule has 0 aromatic carbocycles. The van der Waals surface area contributed by atoms with Gasteiger partial charge in [-0.1, -0.05) is 13.8 Å².